The van der Waals surface area contributed by atoms with Crippen molar-refractivity contribution in [1.82, 2.24) is 9.88 Å². The Kier molecular flexibility index (Phi) is 3.94. The van der Waals surface area contributed by atoms with Crippen molar-refractivity contribution in [3.05, 3.63) is 29.6 Å². The minimum Gasteiger partial charge on any atom is -0.306 e. The molecule has 2 heteroatoms. The average Bonchev–Trinajstić information content (AvgIpc) is 2.67. The molecule has 0 amide bonds. The first-order valence-electron chi connectivity index (χ1n) is 6.40. The third kappa shape index (κ3) is 3.05. The zero-order valence-electron chi connectivity index (χ0n) is 10.4. The molecule has 0 bridgehead atoms. The fraction of sp³-hybridized carbons (Fsp3) is 0.643. The molecule has 0 saturated carbocycles. The van der Waals surface area contributed by atoms with Gasteiger partial charge in [-0.25, -0.2) is 0 Å². The molecule has 2 nitrogen and oxygen atoms in total. The standard InChI is InChI=1S/C14H22N2/c1-3-4-12-5-6-14(15-10-12)9-13-7-8-16(2)11-13/h5-6,10,13H,3-4,7-9,11H2,1-2H3. The number of aryl methyl sites for hydroxylation is 1. The Morgan fingerprint density at radius 3 is 2.88 bits per heavy atom. The van der Waals surface area contributed by atoms with Crippen LogP contribution in [0.15, 0.2) is 18.3 Å². The van der Waals surface area contributed by atoms with Gasteiger partial charge in [0, 0.05) is 18.4 Å². The summed E-state index contributed by atoms with van der Waals surface area (Å²) in [5.74, 6) is 0.814. The highest BCUT2D eigenvalue weighted by molar-refractivity contribution is 5.14. The molecule has 1 aromatic rings. The Bertz CT molecular complexity index is 318. The van der Waals surface area contributed by atoms with Gasteiger partial charge in [0.15, 0.2) is 0 Å². The summed E-state index contributed by atoms with van der Waals surface area (Å²) in [4.78, 5) is 6.98. The van der Waals surface area contributed by atoms with Gasteiger partial charge in [-0.2, -0.15) is 0 Å². The number of rotatable bonds is 4. The summed E-state index contributed by atoms with van der Waals surface area (Å²) in [7, 11) is 2.21. The topological polar surface area (TPSA) is 16.1 Å². The van der Waals surface area contributed by atoms with Crippen LogP contribution in [0.5, 0.6) is 0 Å². The number of hydrogen-bond donors (Lipinski definition) is 0. The molecule has 16 heavy (non-hydrogen) atoms. The Labute approximate surface area is 98.7 Å². The summed E-state index contributed by atoms with van der Waals surface area (Å²) >= 11 is 0. The van der Waals surface area contributed by atoms with E-state index in [2.05, 4.69) is 42.2 Å². The van der Waals surface area contributed by atoms with Crippen molar-refractivity contribution >= 4 is 0 Å². The van der Waals surface area contributed by atoms with Crippen molar-refractivity contribution in [2.45, 2.75) is 32.6 Å². The van der Waals surface area contributed by atoms with Gasteiger partial charge in [-0.1, -0.05) is 19.4 Å². The maximum absolute atomic E-state index is 4.57. The average molecular weight is 218 g/mol. The summed E-state index contributed by atoms with van der Waals surface area (Å²) in [6, 6.07) is 4.45. The van der Waals surface area contributed by atoms with Crippen LogP contribution in [-0.4, -0.2) is 30.0 Å². The van der Waals surface area contributed by atoms with Gasteiger partial charge in [0.1, 0.15) is 0 Å². The molecule has 0 aromatic carbocycles. The number of hydrogen-bond acceptors (Lipinski definition) is 2. The normalized spacial score (nSPS) is 21.5. The van der Waals surface area contributed by atoms with E-state index in [-0.39, 0.29) is 0 Å². The third-order valence-corrected chi connectivity index (χ3v) is 3.41. The highest BCUT2D eigenvalue weighted by Crippen LogP contribution is 2.18. The van der Waals surface area contributed by atoms with Crippen molar-refractivity contribution in [2.75, 3.05) is 20.1 Å². The van der Waals surface area contributed by atoms with Gasteiger partial charge in [0.05, 0.1) is 0 Å². The molecule has 0 aliphatic carbocycles. The van der Waals surface area contributed by atoms with Crippen LogP contribution < -0.4 is 0 Å². The van der Waals surface area contributed by atoms with Crippen molar-refractivity contribution in [3.63, 3.8) is 0 Å². The Morgan fingerprint density at radius 1 is 1.44 bits per heavy atom. The van der Waals surface area contributed by atoms with Gasteiger partial charge in [0.25, 0.3) is 0 Å². The fourth-order valence-electron chi connectivity index (χ4n) is 2.50. The highest BCUT2D eigenvalue weighted by Gasteiger charge is 2.19. The molecule has 1 saturated heterocycles. The van der Waals surface area contributed by atoms with Gasteiger partial charge >= 0.3 is 0 Å². The molecular weight excluding hydrogens is 196 g/mol. The quantitative estimate of drug-likeness (QED) is 0.772. The largest absolute Gasteiger partial charge is 0.306 e. The monoisotopic (exact) mass is 218 g/mol. The fourth-order valence-corrected chi connectivity index (χ4v) is 2.50. The Hall–Kier alpha value is -0.890. The van der Waals surface area contributed by atoms with E-state index in [0.717, 1.165) is 18.8 Å². The van der Waals surface area contributed by atoms with Gasteiger partial charge in [-0.05, 0) is 50.4 Å². The molecule has 1 aliphatic heterocycles. The summed E-state index contributed by atoms with van der Waals surface area (Å²) in [6.07, 6.45) is 6.89. The predicted octanol–water partition coefficient (Wildman–Crippen LogP) is 2.53. The van der Waals surface area contributed by atoms with Crippen molar-refractivity contribution < 1.29 is 0 Å². The predicted molar refractivity (Wildman–Crippen MR) is 67.5 cm³/mol. The van der Waals surface area contributed by atoms with Crippen molar-refractivity contribution in [2.24, 2.45) is 5.92 Å². The van der Waals surface area contributed by atoms with Crippen LogP contribution in [0, 0.1) is 5.92 Å². The summed E-state index contributed by atoms with van der Waals surface area (Å²) < 4.78 is 0. The summed E-state index contributed by atoms with van der Waals surface area (Å²) in [5.41, 5.74) is 2.63. The second-order valence-electron chi connectivity index (χ2n) is 5.03. The molecule has 0 radical (unpaired) electrons. The molecule has 1 unspecified atom stereocenters. The molecule has 2 rings (SSSR count). The molecule has 1 atom stereocenters. The molecular formula is C14H22N2. The van der Waals surface area contributed by atoms with Crippen LogP contribution in [0.2, 0.25) is 0 Å². The van der Waals surface area contributed by atoms with Crippen LogP contribution in [0.25, 0.3) is 0 Å². The van der Waals surface area contributed by atoms with E-state index in [0.29, 0.717) is 0 Å². The van der Waals surface area contributed by atoms with E-state index in [4.69, 9.17) is 0 Å². The van der Waals surface area contributed by atoms with E-state index in [1.54, 1.807) is 0 Å². The summed E-state index contributed by atoms with van der Waals surface area (Å²) in [5, 5.41) is 0. The molecule has 0 N–H and O–H groups in total. The first-order chi connectivity index (χ1) is 7.78. The highest BCUT2D eigenvalue weighted by atomic mass is 15.1. The number of likely N-dealkylation sites (tertiary alicyclic amines) is 1. The van der Waals surface area contributed by atoms with Crippen LogP contribution in [0.1, 0.15) is 31.0 Å². The minimum atomic E-state index is 0.814. The number of aromatic nitrogens is 1. The van der Waals surface area contributed by atoms with E-state index in [1.165, 1.54) is 37.2 Å². The van der Waals surface area contributed by atoms with Crippen molar-refractivity contribution in [3.8, 4) is 0 Å². The third-order valence-electron chi connectivity index (χ3n) is 3.41. The van der Waals surface area contributed by atoms with Crippen molar-refractivity contribution in [1.29, 1.82) is 0 Å². The van der Waals surface area contributed by atoms with Crippen LogP contribution in [-0.2, 0) is 12.8 Å². The number of pyridine rings is 1. The van der Waals surface area contributed by atoms with E-state index in [9.17, 15) is 0 Å². The van der Waals surface area contributed by atoms with Gasteiger partial charge in [0.2, 0.25) is 0 Å². The van der Waals surface area contributed by atoms with E-state index in [1.807, 2.05) is 0 Å². The second-order valence-corrected chi connectivity index (χ2v) is 5.03. The Morgan fingerprint density at radius 2 is 2.31 bits per heavy atom. The second kappa shape index (κ2) is 5.44. The lowest BCUT2D eigenvalue weighted by molar-refractivity contribution is 0.393. The first kappa shape index (κ1) is 11.6. The smallest absolute Gasteiger partial charge is 0.0407 e. The molecule has 88 valence electrons. The molecule has 0 spiro atoms. The minimum absolute atomic E-state index is 0.814. The van der Waals surface area contributed by atoms with Crippen LogP contribution in [0.4, 0.5) is 0 Å². The lowest BCUT2D eigenvalue weighted by Crippen LogP contribution is -2.15. The molecule has 1 fully saturated rings. The Balaban J connectivity index is 1.89. The number of nitrogens with zero attached hydrogens (tertiary/aromatic N) is 2. The molecule has 2 heterocycles. The van der Waals surface area contributed by atoms with Crippen LogP contribution >= 0.6 is 0 Å². The molecule has 1 aromatic heterocycles. The zero-order chi connectivity index (χ0) is 11.4. The summed E-state index contributed by atoms with van der Waals surface area (Å²) in [6.45, 7) is 4.69. The van der Waals surface area contributed by atoms with Gasteiger partial charge in [-0.3, -0.25) is 4.98 Å². The SMILES string of the molecule is CCCc1ccc(CC2CCN(C)C2)nc1. The first-order valence-corrected chi connectivity index (χ1v) is 6.40. The maximum atomic E-state index is 4.57. The van der Waals surface area contributed by atoms with Crippen LogP contribution in [0.3, 0.4) is 0 Å². The van der Waals surface area contributed by atoms with E-state index < -0.39 is 0 Å². The lowest BCUT2D eigenvalue weighted by atomic mass is 10.0. The lowest BCUT2D eigenvalue weighted by Gasteiger charge is -2.10. The maximum Gasteiger partial charge on any atom is 0.0407 e. The van der Waals surface area contributed by atoms with E-state index >= 15 is 0 Å². The van der Waals surface area contributed by atoms with Gasteiger partial charge in [-0.15, -0.1) is 0 Å². The van der Waals surface area contributed by atoms with Gasteiger partial charge < -0.3 is 4.90 Å². The molecule has 1 aliphatic rings. The zero-order valence-corrected chi connectivity index (χ0v) is 10.4.